The zero-order chi connectivity index (χ0) is 35.6. The SMILES string of the molecule is c1ccc(-n2c3cc4ccccc4cc3c3c(-c4cccc(N(c5ccc6ccccc6c5)c5cc6ccccc6c6ccccc56)c4)cccc32)cc1. The van der Waals surface area contributed by atoms with Crippen molar-refractivity contribution in [3.05, 3.63) is 206 Å². The van der Waals surface area contributed by atoms with Crippen LogP contribution in [0.25, 0.3) is 81.7 Å². The van der Waals surface area contributed by atoms with Gasteiger partial charge >= 0.3 is 0 Å². The van der Waals surface area contributed by atoms with E-state index in [0.29, 0.717) is 0 Å². The van der Waals surface area contributed by atoms with E-state index in [0.717, 1.165) is 22.7 Å². The van der Waals surface area contributed by atoms with E-state index >= 15 is 0 Å². The van der Waals surface area contributed by atoms with Crippen LogP contribution in [0.2, 0.25) is 0 Å². The van der Waals surface area contributed by atoms with E-state index in [2.05, 4.69) is 216 Å². The molecule has 252 valence electrons. The number of hydrogen-bond donors (Lipinski definition) is 0. The van der Waals surface area contributed by atoms with Crippen molar-refractivity contribution < 1.29 is 0 Å². The monoisotopic (exact) mass is 686 g/mol. The predicted octanol–water partition coefficient (Wildman–Crippen LogP) is 14.5. The molecule has 0 unspecified atom stereocenters. The highest BCUT2D eigenvalue weighted by molar-refractivity contribution is 6.19. The van der Waals surface area contributed by atoms with E-state index in [1.165, 1.54) is 76.0 Å². The van der Waals surface area contributed by atoms with Gasteiger partial charge in [0.15, 0.2) is 0 Å². The minimum Gasteiger partial charge on any atom is -0.310 e. The third-order valence-corrected chi connectivity index (χ3v) is 11.1. The predicted molar refractivity (Wildman–Crippen MR) is 231 cm³/mol. The molecule has 0 spiro atoms. The molecule has 0 amide bonds. The lowest BCUT2D eigenvalue weighted by Gasteiger charge is -2.28. The Balaban J connectivity index is 1.19. The fourth-order valence-corrected chi connectivity index (χ4v) is 8.62. The summed E-state index contributed by atoms with van der Waals surface area (Å²) in [5.41, 5.74) is 9.33. The van der Waals surface area contributed by atoms with Gasteiger partial charge < -0.3 is 9.47 Å². The maximum Gasteiger partial charge on any atom is 0.0547 e. The molecule has 0 saturated heterocycles. The standard InChI is InChI=1S/C52H34N2/c1-2-20-41(21-3-1)54-49-27-13-26-45(52(49)48-32-37-16-6-7-17-38(37)33-51(48)54)39-19-12-22-42(31-39)53(43-29-28-35-14-4-5-15-36(35)30-43)50-34-40-18-8-9-23-44(40)46-24-10-11-25-47(46)50/h1-34H. The summed E-state index contributed by atoms with van der Waals surface area (Å²) in [6.07, 6.45) is 0. The van der Waals surface area contributed by atoms with Gasteiger partial charge in [-0.1, -0.05) is 146 Å². The Kier molecular flexibility index (Phi) is 6.90. The Bertz CT molecular complexity index is 3230. The number of anilines is 3. The van der Waals surface area contributed by atoms with E-state index < -0.39 is 0 Å². The maximum atomic E-state index is 2.45. The van der Waals surface area contributed by atoms with Crippen LogP contribution < -0.4 is 4.90 Å². The highest BCUT2D eigenvalue weighted by Crippen LogP contribution is 2.45. The summed E-state index contributed by atoms with van der Waals surface area (Å²) in [5, 5.41) is 12.4. The molecule has 54 heavy (non-hydrogen) atoms. The third-order valence-electron chi connectivity index (χ3n) is 11.1. The van der Waals surface area contributed by atoms with Crippen LogP contribution in [0.4, 0.5) is 17.1 Å². The molecule has 11 rings (SSSR count). The first kappa shape index (κ1) is 30.5. The van der Waals surface area contributed by atoms with Crippen LogP contribution in [-0.2, 0) is 0 Å². The van der Waals surface area contributed by atoms with Gasteiger partial charge in [0, 0.05) is 33.2 Å². The Morgan fingerprint density at radius 2 is 0.963 bits per heavy atom. The average molecular weight is 687 g/mol. The van der Waals surface area contributed by atoms with Gasteiger partial charge in [-0.05, 0) is 109 Å². The smallest absolute Gasteiger partial charge is 0.0547 e. The molecule has 2 nitrogen and oxygen atoms in total. The molecule has 10 aromatic carbocycles. The second-order valence-electron chi connectivity index (χ2n) is 14.2. The molecule has 0 saturated carbocycles. The minimum absolute atomic E-state index is 1.11. The summed E-state index contributed by atoms with van der Waals surface area (Å²) < 4.78 is 2.42. The fraction of sp³-hybridized carbons (Fsp3) is 0. The van der Waals surface area contributed by atoms with Crippen molar-refractivity contribution >= 4 is 82.0 Å². The number of rotatable bonds is 5. The quantitative estimate of drug-likeness (QED) is 0.164. The van der Waals surface area contributed by atoms with Crippen LogP contribution >= 0.6 is 0 Å². The molecular formula is C52H34N2. The Labute approximate surface area is 313 Å². The highest BCUT2D eigenvalue weighted by Gasteiger charge is 2.21. The lowest BCUT2D eigenvalue weighted by Crippen LogP contribution is -2.11. The summed E-state index contributed by atoms with van der Waals surface area (Å²) >= 11 is 0. The van der Waals surface area contributed by atoms with E-state index in [1.54, 1.807) is 0 Å². The summed E-state index contributed by atoms with van der Waals surface area (Å²) in [6.45, 7) is 0. The second-order valence-corrected chi connectivity index (χ2v) is 14.2. The van der Waals surface area contributed by atoms with Crippen molar-refractivity contribution in [2.75, 3.05) is 4.90 Å². The normalized spacial score (nSPS) is 11.7. The first-order valence-corrected chi connectivity index (χ1v) is 18.6. The van der Waals surface area contributed by atoms with Crippen LogP contribution in [0.1, 0.15) is 0 Å². The molecule has 0 aliphatic carbocycles. The van der Waals surface area contributed by atoms with E-state index in [4.69, 9.17) is 0 Å². The zero-order valence-corrected chi connectivity index (χ0v) is 29.5. The van der Waals surface area contributed by atoms with Crippen LogP contribution in [0.5, 0.6) is 0 Å². The van der Waals surface area contributed by atoms with Gasteiger partial charge in [-0.3, -0.25) is 0 Å². The van der Waals surface area contributed by atoms with Gasteiger partial charge in [0.25, 0.3) is 0 Å². The van der Waals surface area contributed by atoms with Gasteiger partial charge in [-0.25, -0.2) is 0 Å². The van der Waals surface area contributed by atoms with Gasteiger partial charge in [0.05, 0.1) is 16.7 Å². The topological polar surface area (TPSA) is 8.17 Å². The van der Waals surface area contributed by atoms with Crippen LogP contribution in [-0.4, -0.2) is 4.57 Å². The molecule has 1 aromatic heterocycles. The number of hydrogen-bond acceptors (Lipinski definition) is 1. The van der Waals surface area contributed by atoms with Gasteiger partial charge in [0.2, 0.25) is 0 Å². The van der Waals surface area contributed by atoms with Crippen LogP contribution in [0.15, 0.2) is 206 Å². The van der Waals surface area contributed by atoms with E-state index in [-0.39, 0.29) is 0 Å². The first-order chi connectivity index (χ1) is 26.8. The molecule has 0 N–H and O–H groups in total. The fourth-order valence-electron chi connectivity index (χ4n) is 8.62. The first-order valence-electron chi connectivity index (χ1n) is 18.6. The molecule has 0 aliphatic heterocycles. The van der Waals surface area contributed by atoms with Gasteiger partial charge in [-0.2, -0.15) is 0 Å². The number of para-hydroxylation sites is 1. The third kappa shape index (κ3) is 4.81. The number of aromatic nitrogens is 1. The zero-order valence-electron chi connectivity index (χ0n) is 29.5. The van der Waals surface area contributed by atoms with E-state index in [1.807, 2.05) is 0 Å². The molecule has 0 atom stereocenters. The molecule has 2 heteroatoms. The van der Waals surface area contributed by atoms with Crippen molar-refractivity contribution in [2.24, 2.45) is 0 Å². The summed E-state index contributed by atoms with van der Waals surface area (Å²) in [4.78, 5) is 2.45. The molecule has 0 bridgehead atoms. The van der Waals surface area contributed by atoms with Crippen molar-refractivity contribution in [3.63, 3.8) is 0 Å². The van der Waals surface area contributed by atoms with Crippen molar-refractivity contribution in [1.29, 1.82) is 0 Å². The molecule has 11 aromatic rings. The molecule has 0 aliphatic rings. The van der Waals surface area contributed by atoms with Gasteiger partial charge in [-0.15, -0.1) is 0 Å². The molecule has 0 fully saturated rings. The lowest BCUT2D eigenvalue weighted by molar-refractivity contribution is 1.18. The van der Waals surface area contributed by atoms with E-state index in [9.17, 15) is 0 Å². The van der Waals surface area contributed by atoms with Gasteiger partial charge in [0.1, 0.15) is 0 Å². The van der Waals surface area contributed by atoms with Crippen molar-refractivity contribution in [2.45, 2.75) is 0 Å². The summed E-state index contributed by atoms with van der Waals surface area (Å²) in [5.74, 6) is 0. The Morgan fingerprint density at radius 1 is 0.333 bits per heavy atom. The Morgan fingerprint density at radius 3 is 1.78 bits per heavy atom. The van der Waals surface area contributed by atoms with Crippen molar-refractivity contribution in [3.8, 4) is 16.8 Å². The van der Waals surface area contributed by atoms with Crippen LogP contribution in [0.3, 0.4) is 0 Å². The number of benzene rings is 10. The average Bonchev–Trinajstić information content (AvgIpc) is 3.56. The maximum absolute atomic E-state index is 2.45. The summed E-state index contributed by atoms with van der Waals surface area (Å²) in [7, 11) is 0. The number of nitrogens with zero attached hydrogens (tertiary/aromatic N) is 2. The summed E-state index contributed by atoms with van der Waals surface area (Å²) in [6, 6.07) is 75.4. The molecular weight excluding hydrogens is 653 g/mol. The van der Waals surface area contributed by atoms with Crippen molar-refractivity contribution in [1.82, 2.24) is 4.57 Å². The highest BCUT2D eigenvalue weighted by atomic mass is 15.1. The number of fused-ring (bicyclic) bond motifs is 8. The van der Waals surface area contributed by atoms with Crippen LogP contribution in [0, 0.1) is 0 Å². The molecule has 0 radical (unpaired) electrons. The second kappa shape index (κ2) is 12.2. The Hall–Kier alpha value is -7.16. The largest absolute Gasteiger partial charge is 0.310 e. The molecule has 1 heterocycles. The lowest BCUT2D eigenvalue weighted by atomic mass is 9.96. The minimum atomic E-state index is 1.11.